The Bertz CT molecular complexity index is 812. The van der Waals surface area contributed by atoms with Gasteiger partial charge in [0.25, 0.3) is 11.8 Å². The number of amides is 2. The topological polar surface area (TPSA) is 67.9 Å². The third-order valence-electron chi connectivity index (χ3n) is 4.37. The monoisotopic (exact) mass is 382 g/mol. The van der Waals surface area contributed by atoms with Gasteiger partial charge in [-0.2, -0.15) is 0 Å². The van der Waals surface area contributed by atoms with Gasteiger partial charge in [-0.25, -0.2) is 0 Å². The molecular formula is C22H26N2O4. The molecule has 6 heteroatoms. The van der Waals surface area contributed by atoms with E-state index in [1.54, 1.807) is 53.4 Å². The summed E-state index contributed by atoms with van der Waals surface area (Å²) in [4.78, 5) is 26.9. The minimum Gasteiger partial charge on any atom is -0.493 e. The van der Waals surface area contributed by atoms with Gasteiger partial charge in [0.1, 0.15) is 5.75 Å². The SMILES string of the molecule is CC(C)COc1ccc(C(=O)Nc2cccc(C(=O)N3CCOCC3)c2)cc1. The van der Waals surface area contributed by atoms with Crippen LogP contribution in [0.5, 0.6) is 5.75 Å². The van der Waals surface area contributed by atoms with Crippen molar-refractivity contribution < 1.29 is 19.1 Å². The number of nitrogens with zero attached hydrogens (tertiary/aromatic N) is 1. The summed E-state index contributed by atoms with van der Waals surface area (Å²) >= 11 is 0. The molecule has 2 aromatic rings. The molecule has 0 unspecified atom stereocenters. The first-order valence-electron chi connectivity index (χ1n) is 9.54. The highest BCUT2D eigenvalue weighted by molar-refractivity contribution is 6.05. The normalized spacial score (nSPS) is 14.0. The van der Waals surface area contributed by atoms with Crippen molar-refractivity contribution in [3.05, 3.63) is 59.7 Å². The van der Waals surface area contributed by atoms with Crippen molar-refractivity contribution in [3.8, 4) is 5.75 Å². The van der Waals surface area contributed by atoms with Gasteiger partial charge in [0.05, 0.1) is 19.8 Å². The van der Waals surface area contributed by atoms with E-state index in [2.05, 4.69) is 19.2 Å². The van der Waals surface area contributed by atoms with E-state index in [1.165, 1.54) is 0 Å². The largest absolute Gasteiger partial charge is 0.493 e. The molecule has 0 saturated carbocycles. The predicted molar refractivity (Wildman–Crippen MR) is 108 cm³/mol. The maximum atomic E-state index is 12.6. The summed E-state index contributed by atoms with van der Waals surface area (Å²) in [6.45, 7) is 7.08. The summed E-state index contributed by atoms with van der Waals surface area (Å²) in [5, 5.41) is 2.85. The summed E-state index contributed by atoms with van der Waals surface area (Å²) in [7, 11) is 0. The Morgan fingerprint density at radius 2 is 1.79 bits per heavy atom. The molecule has 3 rings (SSSR count). The number of hydrogen-bond acceptors (Lipinski definition) is 4. The molecule has 1 aliphatic heterocycles. The molecule has 1 heterocycles. The lowest BCUT2D eigenvalue weighted by Crippen LogP contribution is -2.40. The number of benzene rings is 2. The molecule has 1 fully saturated rings. The summed E-state index contributed by atoms with van der Waals surface area (Å²) in [6, 6.07) is 14.0. The zero-order valence-electron chi connectivity index (χ0n) is 16.3. The number of ether oxygens (including phenoxy) is 2. The third-order valence-corrected chi connectivity index (χ3v) is 4.37. The van der Waals surface area contributed by atoms with Gasteiger partial charge in [-0.3, -0.25) is 9.59 Å². The zero-order valence-corrected chi connectivity index (χ0v) is 16.3. The molecule has 6 nitrogen and oxygen atoms in total. The molecule has 1 saturated heterocycles. The summed E-state index contributed by atoms with van der Waals surface area (Å²) in [5.41, 5.74) is 1.67. The predicted octanol–water partition coefficient (Wildman–Crippen LogP) is 3.45. The Morgan fingerprint density at radius 1 is 1.07 bits per heavy atom. The molecule has 0 aliphatic carbocycles. The summed E-state index contributed by atoms with van der Waals surface area (Å²) < 4.78 is 10.9. The lowest BCUT2D eigenvalue weighted by atomic mass is 10.1. The van der Waals surface area contributed by atoms with Crippen LogP contribution in [0.2, 0.25) is 0 Å². The van der Waals surface area contributed by atoms with E-state index in [4.69, 9.17) is 9.47 Å². The molecule has 0 radical (unpaired) electrons. The van der Waals surface area contributed by atoms with Crippen LogP contribution < -0.4 is 10.1 Å². The molecular weight excluding hydrogens is 356 g/mol. The number of carbonyl (C=O) groups excluding carboxylic acids is 2. The second kappa shape index (κ2) is 9.37. The maximum Gasteiger partial charge on any atom is 0.255 e. The van der Waals surface area contributed by atoms with Gasteiger partial charge in [-0.1, -0.05) is 19.9 Å². The van der Waals surface area contributed by atoms with Gasteiger partial charge in [-0.05, 0) is 48.4 Å². The molecule has 28 heavy (non-hydrogen) atoms. The summed E-state index contributed by atoms with van der Waals surface area (Å²) in [5.74, 6) is 0.899. The van der Waals surface area contributed by atoms with Gasteiger partial charge in [-0.15, -0.1) is 0 Å². The Morgan fingerprint density at radius 3 is 2.46 bits per heavy atom. The molecule has 0 spiro atoms. The van der Waals surface area contributed by atoms with E-state index < -0.39 is 0 Å². The van der Waals surface area contributed by atoms with Gasteiger partial charge in [0.15, 0.2) is 0 Å². The molecule has 1 N–H and O–H groups in total. The van der Waals surface area contributed by atoms with Crippen molar-refractivity contribution in [2.75, 3.05) is 38.2 Å². The molecule has 2 aromatic carbocycles. The molecule has 0 atom stereocenters. The van der Waals surface area contributed by atoms with Crippen molar-refractivity contribution in [1.29, 1.82) is 0 Å². The fraction of sp³-hybridized carbons (Fsp3) is 0.364. The number of anilines is 1. The van der Waals surface area contributed by atoms with E-state index in [9.17, 15) is 9.59 Å². The van der Waals surface area contributed by atoms with E-state index in [1.807, 2.05) is 0 Å². The minimum atomic E-state index is -0.230. The minimum absolute atomic E-state index is 0.0500. The van der Waals surface area contributed by atoms with Crippen LogP contribution in [0.15, 0.2) is 48.5 Å². The molecule has 2 amide bonds. The van der Waals surface area contributed by atoms with Crippen LogP contribution in [0, 0.1) is 5.92 Å². The van der Waals surface area contributed by atoms with Crippen molar-refractivity contribution in [3.63, 3.8) is 0 Å². The zero-order chi connectivity index (χ0) is 19.9. The molecule has 0 bridgehead atoms. The number of carbonyl (C=O) groups is 2. The average molecular weight is 382 g/mol. The second-order valence-corrected chi connectivity index (χ2v) is 7.17. The Kier molecular flexibility index (Phi) is 6.66. The van der Waals surface area contributed by atoms with E-state index in [-0.39, 0.29) is 11.8 Å². The van der Waals surface area contributed by atoms with Crippen molar-refractivity contribution in [2.45, 2.75) is 13.8 Å². The third kappa shape index (κ3) is 5.33. The van der Waals surface area contributed by atoms with Crippen LogP contribution in [0.4, 0.5) is 5.69 Å². The first-order valence-corrected chi connectivity index (χ1v) is 9.54. The smallest absolute Gasteiger partial charge is 0.255 e. The van der Waals surface area contributed by atoms with Crippen LogP contribution >= 0.6 is 0 Å². The van der Waals surface area contributed by atoms with E-state index in [0.717, 1.165) is 5.75 Å². The number of nitrogens with one attached hydrogen (secondary N) is 1. The van der Waals surface area contributed by atoms with Crippen LogP contribution in [-0.4, -0.2) is 49.6 Å². The molecule has 1 aliphatic rings. The van der Waals surface area contributed by atoms with Crippen LogP contribution in [0.1, 0.15) is 34.6 Å². The number of morpholine rings is 1. The van der Waals surface area contributed by atoms with Gasteiger partial charge < -0.3 is 19.7 Å². The highest BCUT2D eigenvalue weighted by Gasteiger charge is 2.19. The van der Waals surface area contributed by atoms with E-state index in [0.29, 0.717) is 55.6 Å². The molecule has 0 aromatic heterocycles. The second-order valence-electron chi connectivity index (χ2n) is 7.17. The van der Waals surface area contributed by atoms with Crippen LogP contribution in [0.25, 0.3) is 0 Å². The highest BCUT2D eigenvalue weighted by atomic mass is 16.5. The molecule has 148 valence electrons. The summed E-state index contributed by atoms with van der Waals surface area (Å²) in [6.07, 6.45) is 0. The van der Waals surface area contributed by atoms with Crippen LogP contribution in [-0.2, 0) is 4.74 Å². The van der Waals surface area contributed by atoms with Crippen molar-refractivity contribution >= 4 is 17.5 Å². The van der Waals surface area contributed by atoms with Gasteiger partial charge in [0.2, 0.25) is 0 Å². The Balaban J connectivity index is 1.63. The van der Waals surface area contributed by atoms with Gasteiger partial charge >= 0.3 is 0 Å². The standard InChI is InChI=1S/C22H26N2O4/c1-16(2)15-28-20-8-6-17(7-9-20)21(25)23-19-5-3-4-18(14-19)22(26)24-10-12-27-13-11-24/h3-9,14,16H,10-13,15H2,1-2H3,(H,23,25). The number of hydrogen-bond donors (Lipinski definition) is 1. The average Bonchev–Trinajstić information content (AvgIpc) is 2.73. The highest BCUT2D eigenvalue weighted by Crippen LogP contribution is 2.17. The van der Waals surface area contributed by atoms with Gasteiger partial charge in [0, 0.05) is 29.9 Å². The Hall–Kier alpha value is -2.86. The fourth-order valence-electron chi connectivity index (χ4n) is 2.85. The van der Waals surface area contributed by atoms with E-state index >= 15 is 0 Å². The quantitative estimate of drug-likeness (QED) is 0.831. The van der Waals surface area contributed by atoms with Crippen LogP contribution in [0.3, 0.4) is 0 Å². The first kappa shape index (κ1) is 19.9. The first-order chi connectivity index (χ1) is 13.5. The fourth-order valence-corrected chi connectivity index (χ4v) is 2.85. The Labute approximate surface area is 165 Å². The van der Waals surface area contributed by atoms with Crippen molar-refractivity contribution in [2.24, 2.45) is 5.92 Å². The lowest BCUT2D eigenvalue weighted by Gasteiger charge is -2.27. The number of rotatable bonds is 6. The van der Waals surface area contributed by atoms with Crippen molar-refractivity contribution in [1.82, 2.24) is 4.90 Å². The maximum absolute atomic E-state index is 12.6. The lowest BCUT2D eigenvalue weighted by molar-refractivity contribution is 0.0303.